The van der Waals surface area contributed by atoms with Crippen LogP contribution >= 0.6 is 0 Å². The van der Waals surface area contributed by atoms with Crippen LogP contribution in [0.3, 0.4) is 0 Å². The Labute approximate surface area is 173 Å². The maximum atomic E-state index is 11.8. The van der Waals surface area contributed by atoms with Crippen LogP contribution in [0.5, 0.6) is 0 Å². The van der Waals surface area contributed by atoms with E-state index in [4.69, 9.17) is 9.47 Å². The summed E-state index contributed by atoms with van der Waals surface area (Å²) < 4.78 is 11.4. The van der Waals surface area contributed by atoms with E-state index in [1.165, 1.54) is 77.0 Å². The van der Waals surface area contributed by atoms with Gasteiger partial charge in [-0.05, 0) is 19.3 Å². The van der Waals surface area contributed by atoms with Crippen molar-refractivity contribution in [2.75, 3.05) is 13.2 Å². The van der Waals surface area contributed by atoms with Crippen molar-refractivity contribution >= 4 is 5.97 Å². The van der Waals surface area contributed by atoms with Crippen molar-refractivity contribution in [1.29, 1.82) is 0 Å². The van der Waals surface area contributed by atoms with Crippen LogP contribution in [0.15, 0.2) is 0 Å². The molecule has 4 nitrogen and oxygen atoms in total. The van der Waals surface area contributed by atoms with Crippen LogP contribution in [0.4, 0.5) is 0 Å². The molecule has 1 aliphatic rings. The van der Waals surface area contributed by atoms with Crippen molar-refractivity contribution < 1.29 is 19.4 Å². The largest absolute Gasteiger partial charge is 0.477 e. The van der Waals surface area contributed by atoms with Gasteiger partial charge in [-0.15, -0.1) is 0 Å². The number of ether oxygens (including phenoxy) is 2. The van der Waals surface area contributed by atoms with Gasteiger partial charge in [-0.2, -0.15) is 0 Å². The Balaban J connectivity index is 2.01. The van der Waals surface area contributed by atoms with Gasteiger partial charge in [-0.3, -0.25) is 0 Å². The molecule has 0 aromatic rings. The molecule has 1 N–H and O–H groups in total. The fourth-order valence-corrected chi connectivity index (χ4v) is 4.00. The molecule has 0 aliphatic carbocycles. The topological polar surface area (TPSA) is 55.8 Å². The van der Waals surface area contributed by atoms with E-state index < -0.39 is 11.8 Å². The second-order valence-electron chi connectivity index (χ2n) is 8.52. The summed E-state index contributed by atoms with van der Waals surface area (Å²) in [6, 6.07) is 0. The van der Waals surface area contributed by atoms with Gasteiger partial charge in [-0.1, -0.05) is 103 Å². The monoisotopic (exact) mass is 398 g/mol. The van der Waals surface area contributed by atoms with Crippen molar-refractivity contribution in [3.63, 3.8) is 0 Å². The summed E-state index contributed by atoms with van der Waals surface area (Å²) in [4.78, 5) is 11.8. The van der Waals surface area contributed by atoms with E-state index in [9.17, 15) is 9.90 Å². The van der Waals surface area contributed by atoms with Crippen LogP contribution in [-0.2, 0) is 14.3 Å². The number of aliphatic carboxylic acids is 1. The SMILES string of the molecule is CCCCCCCCCCCCCCCCC1(C(=O)O)OCCCCCCO1. The Morgan fingerprint density at radius 2 is 1.07 bits per heavy atom. The van der Waals surface area contributed by atoms with Gasteiger partial charge in [0.2, 0.25) is 0 Å². The molecule has 1 heterocycles. The molecule has 0 amide bonds. The molecule has 0 saturated carbocycles. The average molecular weight is 399 g/mol. The number of unbranched alkanes of at least 4 members (excludes halogenated alkanes) is 13. The highest BCUT2D eigenvalue weighted by Gasteiger charge is 2.40. The number of carbonyl (C=O) groups is 1. The predicted molar refractivity (Wildman–Crippen MR) is 116 cm³/mol. The van der Waals surface area contributed by atoms with Crippen LogP contribution in [0.1, 0.15) is 129 Å². The van der Waals surface area contributed by atoms with Gasteiger partial charge in [-0.25, -0.2) is 4.79 Å². The maximum absolute atomic E-state index is 11.8. The first-order valence-electron chi connectivity index (χ1n) is 12.2. The number of rotatable bonds is 16. The van der Waals surface area contributed by atoms with Crippen LogP contribution in [-0.4, -0.2) is 30.1 Å². The zero-order valence-electron chi connectivity index (χ0n) is 18.5. The number of hydrogen-bond acceptors (Lipinski definition) is 3. The molecule has 4 heteroatoms. The Morgan fingerprint density at radius 1 is 0.679 bits per heavy atom. The fourth-order valence-electron chi connectivity index (χ4n) is 4.00. The molecule has 0 unspecified atom stereocenters. The van der Waals surface area contributed by atoms with Crippen LogP contribution in [0.25, 0.3) is 0 Å². The van der Waals surface area contributed by atoms with E-state index >= 15 is 0 Å². The lowest BCUT2D eigenvalue weighted by Crippen LogP contribution is -2.44. The Morgan fingerprint density at radius 3 is 1.46 bits per heavy atom. The molecule has 0 aromatic heterocycles. The van der Waals surface area contributed by atoms with E-state index in [1.807, 2.05) is 0 Å². The highest BCUT2D eigenvalue weighted by atomic mass is 16.7. The van der Waals surface area contributed by atoms with Crippen molar-refractivity contribution in [2.45, 2.75) is 135 Å². The first-order valence-corrected chi connectivity index (χ1v) is 12.2. The van der Waals surface area contributed by atoms with Gasteiger partial charge < -0.3 is 14.6 Å². The highest BCUT2D eigenvalue weighted by molar-refractivity contribution is 5.75. The predicted octanol–water partition coefficient (Wildman–Crippen LogP) is 7.25. The minimum Gasteiger partial charge on any atom is -0.477 e. The summed E-state index contributed by atoms with van der Waals surface area (Å²) in [5, 5.41) is 9.65. The molecule has 1 saturated heterocycles. The lowest BCUT2D eigenvalue weighted by Gasteiger charge is -2.29. The van der Waals surface area contributed by atoms with Crippen molar-refractivity contribution in [3.05, 3.63) is 0 Å². The Hall–Kier alpha value is -0.610. The summed E-state index contributed by atoms with van der Waals surface area (Å²) >= 11 is 0. The van der Waals surface area contributed by atoms with Gasteiger partial charge in [0.25, 0.3) is 5.79 Å². The summed E-state index contributed by atoms with van der Waals surface area (Å²) in [7, 11) is 0. The van der Waals surface area contributed by atoms with Gasteiger partial charge in [0, 0.05) is 6.42 Å². The molecule has 0 bridgehead atoms. The quantitative estimate of drug-likeness (QED) is 0.278. The van der Waals surface area contributed by atoms with Gasteiger partial charge in [0.05, 0.1) is 13.2 Å². The van der Waals surface area contributed by atoms with E-state index in [0.29, 0.717) is 19.6 Å². The minimum absolute atomic E-state index is 0.473. The highest BCUT2D eigenvalue weighted by Crippen LogP contribution is 2.25. The summed E-state index contributed by atoms with van der Waals surface area (Å²) in [5.41, 5.74) is 0. The zero-order chi connectivity index (χ0) is 20.3. The second kappa shape index (κ2) is 17.3. The third kappa shape index (κ3) is 12.1. The molecule has 0 atom stereocenters. The molecule has 0 radical (unpaired) electrons. The van der Waals surface area contributed by atoms with Crippen molar-refractivity contribution in [1.82, 2.24) is 0 Å². The van der Waals surface area contributed by atoms with E-state index in [-0.39, 0.29) is 0 Å². The lowest BCUT2D eigenvalue weighted by atomic mass is 10.0. The molecule has 28 heavy (non-hydrogen) atoms. The normalized spacial score (nSPS) is 17.6. The minimum atomic E-state index is -1.40. The molecule has 166 valence electrons. The summed E-state index contributed by atoms with van der Waals surface area (Å²) in [5.74, 6) is -2.36. The average Bonchev–Trinajstić information content (AvgIpc) is 2.81. The van der Waals surface area contributed by atoms with E-state index in [2.05, 4.69) is 6.92 Å². The number of carboxylic acid groups (broad SMARTS) is 1. The second-order valence-corrected chi connectivity index (χ2v) is 8.52. The third-order valence-electron chi connectivity index (χ3n) is 5.89. The molecule has 1 rings (SSSR count). The zero-order valence-corrected chi connectivity index (χ0v) is 18.5. The number of hydrogen-bond donors (Lipinski definition) is 1. The molecule has 1 aliphatic heterocycles. The first kappa shape index (κ1) is 25.4. The van der Waals surface area contributed by atoms with Crippen molar-refractivity contribution in [3.8, 4) is 0 Å². The fraction of sp³-hybridized carbons (Fsp3) is 0.958. The third-order valence-corrected chi connectivity index (χ3v) is 5.89. The molecular formula is C24H46O4. The molecule has 0 aromatic carbocycles. The molecule has 1 fully saturated rings. The lowest BCUT2D eigenvalue weighted by molar-refractivity contribution is -0.246. The van der Waals surface area contributed by atoms with Crippen molar-refractivity contribution in [2.24, 2.45) is 0 Å². The first-order chi connectivity index (χ1) is 13.7. The maximum Gasteiger partial charge on any atom is 0.364 e. The van der Waals surface area contributed by atoms with E-state index in [1.54, 1.807) is 0 Å². The van der Waals surface area contributed by atoms with Gasteiger partial charge >= 0.3 is 5.97 Å². The summed E-state index contributed by atoms with van der Waals surface area (Å²) in [6.45, 7) is 3.25. The Kier molecular flexibility index (Phi) is 15.7. The smallest absolute Gasteiger partial charge is 0.364 e. The Bertz CT molecular complexity index is 360. The standard InChI is InChI=1S/C24H46O4/c1-2-3-4-5-6-7-8-9-10-11-12-13-14-17-20-24(23(25)26)27-21-18-15-16-19-22-28-24/h2-22H2,1H3,(H,25,26). The van der Waals surface area contributed by atoms with Gasteiger partial charge in [0.1, 0.15) is 0 Å². The van der Waals surface area contributed by atoms with Crippen LogP contribution in [0, 0.1) is 0 Å². The number of carboxylic acids is 1. The van der Waals surface area contributed by atoms with Gasteiger partial charge in [0.15, 0.2) is 0 Å². The summed E-state index contributed by atoms with van der Waals surface area (Å²) in [6.07, 6.45) is 22.7. The van der Waals surface area contributed by atoms with Crippen LogP contribution in [0.2, 0.25) is 0 Å². The van der Waals surface area contributed by atoms with E-state index in [0.717, 1.165) is 38.5 Å². The van der Waals surface area contributed by atoms with Crippen LogP contribution < -0.4 is 0 Å². The molecule has 0 spiro atoms. The molecular weight excluding hydrogens is 352 g/mol.